The largest absolute Gasteiger partial charge is 0.460 e. The van der Waals surface area contributed by atoms with Crippen LogP contribution in [0.25, 0.3) is 0 Å². The van der Waals surface area contributed by atoms with Gasteiger partial charge in [-0.3, -0.25) is 9.36 Å². The molecule has 2 rings (SSSR count). The van der Waals surface area contributed by atoms with E-state index in [4.69, 9.17) is 14.0 Å². The number of benzene rings is 2. The van der Waals surface area contributed by atoms with Gasteiger partial charge in [0.1, 0.15) is 18.0 Å². The summed E-state index contributed by atoms with van der Waals surface area (Å²) in [4.78, 5) is 24.9. The van der Waals surface area contributed by atoms with E-state index in [9.17, 15) is 14.2 Å². The Bertz CT molecular complexity index is 927. The summed E-state index contributed by atoms with van der Waals surface area (Å²) in [5, 5.41) is 2.73. The molecule has 0 heterocycles. The first-order chi connectivity index (χ1) is 15.6. The lowest BCUT2D eigenvalue weighted by Crippen LogP contribution is -2.38. The molecule has 0 aliphatic heterocycles. The molecular weight excluding hydrogens is 441 g/mol. The van der Waals surface area contributed by atoms with Crippen molar-refractivity contribution in [2.75, 3.05) is 12.8 Å². The van der Waals surface area contributed by atoms with E-state index in [1.807, 2.05) is 60.7 Å². The van der Waals surface area contributed by atoms with Gasteiger partial charge in [0.25, 0.3) is 0 Å². The molecule has 1 unspecified atom stereocenters. The Morgan fingerprint density at radius 2 is 1.55 bits per heavy atom. The van der Waals surface area contributed by atoms with E-state index in [1.165, 1.54) is 0 Å². The molecule has 8 heteroatoms. The van der Waals surface area contributed by atoms with Crippen LogP contribution in [0.1, 0.15) is 45.2 Å². The third-order valence-corrected chi connectivity index (χ3v) is 7.44. The van der Waals surface area contributed by atoms with E-state index in [1.54, 1.807) is 27.7 Å². The fraction of sp³-hybridized carbons (Fsp3) is 0.440. The SMILES string of the molecule is CCOP(=O)(CCC(=O)OC(C)(C)C)[C@H](Cc1ccccc1)NC(=O)OCc1ccccc1. The van der Waals surface area contributed by atoms with E-state index in [0.717, 1.165) is 11.1 Å². The molecule has 7 nitrogen and oxygen atoms in total. The monoisotopic (exact) mass is 475 g/mol. The summed E-state index contributed by atoms with van der Waals surface area (Å²) in [6.45, 7) is 7.31. The maximum absolute atomic E-state index is 13.9. The van der Waals surface area contributed by atoms with Crippen LogP contribution in [-0.4, -0.2) is 36.2 Å². The Kier molecular flexibility index (Phi) is 10.1. The van der Waals surface area contributed by atoms with E-state index >= 15 is 0 Å². The van der Waals surface area contributed by atoms with Crippen LogP contribution in [0.15, 0.2) is 60.7 Å². The second-order valence-electron chi connectivity index (χ2n) is 8.62. The van der Waals surface area contributed by atoms with Crippen LogP contribution >= 0.6 is 7.37 Å². The highest BCUT2D eigenvalue weighted by atomic mass is 31.2. The molecular formula is C25H34NO6P. The quantitative estimate of drug-likeness (QED) is 0.340. The number of hydrogen-bond acceptors (Lipinski definition) is 6. The minimum atomic E-state index is -3.48. The van der Waals surface area contributed by atoms with Crippen LogP contribution < -0.4 is 5.32 Å². The van der Waals surface area contributed by atoms with Crippen molar-refractivity contribution in [3.63, 3.8) is 0 Å². The molecule has 0 spiro atoms. The van der Waals surface area contributed by atoms with Crippen LogP contribution in [0.4, 0.5) is 4.79 Å². The standard InChI is InChI=1S/C25H34NO6P/c1-5-31-33(29,17-16-23(27)32-25(2,3)4)22(18-20-12-8-6-9-13-20)26-24(28)30-19-21-14-10-7-11-15-21/h6-15,22H,5,16-19H2,1-4H3,(H,26,28)/t22-,33?/m1/s1. The number of amides is 1. The van der Waals surface area contributed by atoms with Crippen LogP contribution in [-0.2, 0) is 36.4 Å². The van der Waals surface area contributed by atoms with Gasteiger partial charge in [0.15, 0.2) is 0 Å². The third kappa shape index (κ3) is 9.80. The Morgan fingerprint density at radius 3 is 2.09 bits per heavy atom. The van der Waals surface area contributed by atoms with Crippen molar-refractivity contribution < 1.29 is 28.2 Å². The number of nitrogens with one attached hydrogen (secondary N) is 1. The highest BCUT2D eigenvalue weighted by Crippen LogP contribution is 2.52. The number of ether oxygens (including phenoxy) is 2. The first-order valence-corrected chi connectivity index (χ1v) is 13.0. The van der Waals surface area contributed by atoms with Crippen molar-refractivity contribution >= 4 is 19.4 Å². The van der Waals surface area contributed by atoms with Crippen molar-refractivity contribution in [1.82, 2.24) is 5.32 Å². The van der Waals surface area contributed by atoms with E-state index < -0.39 is 30.8 Å². The van der Waals surface area contributed by atoms with Crippen LogP contribution in [0.5, 0.6) is 0 Å². The van der Waals surface area contributed by atoms with E-state index in [-0.39, 0.29) is 32.2 Å². The molecule has 0 saturated heterocycles. The average Bonchev–Trinajstić information content (AvgIpc) is 2.76. The molecule has 180 valence electrons. The highest BCUT2D eigenvalue weighted by Gasteiger charge is 2.36. The minimum Gasteiger partial charge on any atom is -0.460 e. The number of rotatable bonds is 11. The molecule has 0 saturated carbocycles. The zero-order valence-electron chi connectivity index (χ0n) is 19.8. The fourth-order valence-corrected chi connectivity index (χ4v) is 5.54. The zero-order valence-corrected chi connectivity index (χ0v) is 20.7. The first kappa shape index (κ1) is 26.6. The van der Waals surface area contributed by atoms with Crippen LogP contribution in [0.2, 0.25) is 0 Å². The summed E-state index contributed by atoms with van der Waals surface area (Å²) in [5.41, 5.74) is 1.07. The van der Waals surface area contributed by atoms with Gasteiger partial charge in [0, 0.05) is 12.6 Å². The molecule has 1 amide bonds. The summed E-state index contributed by atoms with van der Waals surface area (Å²) < 4.78 is 30.3. The Balaban J connectivity index is 2.15. The van der Waals surface area contributed by atoms with E-state index in [0.29, 0.717) is 0 Å². The zero-order chi connectivity index (χ0) is 24.3. The molecule has 2 atom stereocenters. The van der Waals surface area contributed by atoms with Gasteiger partial charge in [0.2, 0.25) is 7.37 Å². The van der Waals surface area contributed by atoms with Crippen LogP contribution in [0.3, 0.4) is 0 Å². The number of alkyl carbamates (subject to hydrolysis) is 1. The number of carbonyl (C=O) groups is 2. The third-order valence-electron chi connectivity index (χ3n) is 4.64. The molecule has 1 N–H and O–H groups in total. The molecule has 2 aromatic rings. The molecule has 2 aromatic carbocycles. The summed E-state index contributed by atoms with van der Waals surface area (Å²) in [7, 11) is -3.48. The molecule has 0 aliphatic carbocycles. The summed E-state index contributed by atoms with van der Waals surface area (Å²) in [6.07, 6.45) is -0.559. The Morgan fingerprint density at radius 1 is 0.970 bits per heavy atom. The highest BCUT2D eigenvalue weighted by molar-refractivity contribution is 7.59. The maximum atomic E-state index is 13.9. The van der Waals surface area contributed by atoms with Gasteiger partial charge in [-0.1, -0.05) is 60.7 Å². The van der Waals surface area contributed by atoms with E-state index in [2.05, 4.69) is 5.32 Å². The van der Waals surface area contributed by atoms with Crippen LogP contribution in [0, 0.1) is 0 Å². The van der Waals surface area contributed by atoms with Crippen molar-refractivity contribution in [3.05, 3.63) is 71.8 Å². The minimum absolute atomic E-state index is 0.0494. The topological polar surface area (TPSA) is 90.9 Å². The molecule has 0 aliphatic rings. The molecule has 0 bridgehead atoms. The molecule has 0 radical (unpaired) electrons. The predicted molar refractivity (Wildman–Crippen MR) is 128 cm³/mol. The second kappa shape index (κ2) is 12.6. The van der Waals surface area contributed by atoms with Gasteiger partial charge < -0.3 is 19.3 Å². The number of esters is 1. The molecule has 0 aromatic heterocycles. The molecule has 33 heavy (non-hydrogen) atoms. The lowest BCUT2D eigenvalue weighted by Gasteiger charge is -2.28. The molecule has 0 fully saturated rings. The summed E-state index contributed by atoms with van der Waals surface area (Å²) >= 11 is 0. The normalized spacial score (nSPS) is 14.1. The fourth-order valence-electron chi connectivity index (χ4n) is 3.20. The summed E-state index contributed by atoms with van der Waals surface area (Å²) in [5.74, 6) is -1.32. The Hall–Kier alpha value is -2.63. The van der Waals surface area contributed by atoms with Gasteiger partial charge in [-0.2, -0.15) is 0 Å². The smallest absolute Gasteiger partial charge is 0.408 e. The second-order valence-corrected chi connectivity index (χ2v) is 11.4. The van der Waals surface area contributed by atoms with Gasteiger partial charge in [-0.15, -0.1) is 0 Å². The van der Waals surface area contributed by atoms with Gasteiger partial charge in [0.05, 0.1) is 13.0 Å². The lowest BCUT2D eigenvalue weighted by molar-refractivity contribution is -0.154. The number of carbonyl (C=O) groups excluding carboxylic acids is 2. The Labute approximate surface area is 196 Å². The summed E-state index contributed by atoms with van der Waals surface area (Å²) in [6, 6.07) is 18.7. The predicted octanol–water partition coefficient (Wildman–Crippen LogP) is 5.53. The van der Waals surface area contributed by atoms with Crippen molar-refractivity contribution in [1.29, 1.82) is 0 Å². The maximum Gasteiger partial charge on any atom is 0.408 e. The first-order valence-electron chi connectivity index (χ1n) is 11.1. The van der Waals surface area contributed by atoms with Gasteiger partial charge >= 0.3 is 12.1 Å². The van der Waals surface area contributed by atoms with Crippen molar-refractivity contribution in [3.8, 4) is 0 Å². The lowest BCUT2D eigenvalue weighted by atomic mass is 10.1. The number of hydrogen-bond donors (Lipinski definition) is 1. The van der Waals surface area contributed by atoms with Crippen molar-refractivity contribution in [2.45, 2.75) is 58.5 Å². The average molecular weight is 476 g/mol. The van der Waals surface area contributed by atoms with Gasteiger partial charge in [-0.05, 0) is 38.8 Å². The van der Waals surface area contributed by atoms with Gasteiger partial charge in [-0.25, -0.2) is 4.79 Å². The van der Waals surface area contributed by atoms with Crippen molar-refractivity contribution in [2.24, 2.45) is 0 Å².